The molecule has 0 aliphatic carbocycles. The lowest BCUT2D eigenvalue weighted by Crippen LogP contribution is -2.37. The van der Waals surface area contributed by atoms with E-state index in [1.807, 2.05) is 37.2 Å². The third-order valence-corrected chi connectivity index (χ3v) is 5.59. The first-order valence-electron chi connectivity index (χ1n) is 9.93. The highest BCUT2D eigenvalue weighted by atomic mass is 16.6. The number of oxazole rings is 1. The minimum absolute atomic E-state index is 0.0389. The predicted molar refractivity (Wildman–Crippen MR) is 112 cm³/mol. The third kappa shape index (κ3) is 3.04. The van der Waals surface area contributed by atoms with Crippen molar-refractivity contribution in [2.24, 2.45) is 0 Å². The molecule has 154 valence electrons. The van der Waals surface area contributed by atoms with Gasteiger partial charge in [-0.1, -0.05) is 12.1 Å². The zero-order valence-corrected chi connectivity index (χ0v) is 16.9. The molecule has 0 saturated carbocycles. The second-order valence-electron chi connectivity index (χ2n) is 7.73. The van der Waals surface area contributed by atoms with Crippen LogP contribution in [0.5, 0.6) is 0 Å². The van der Waals surface area contributed by atoms with Gasteiger partial charge in [0.15, 0.2) is 5.58 Å². The van der Waals surface area contributed by atoms with Crippen LogP contribution >= 0.6 is 0 Å². The van der Waals surface area contributed by atoms with Crippen LogP contribution in [0, 0.1) is 0 Å². The van der Waals surface area contributed by atoms with Crippen LogP contribution in [0.15, 0.2) is 40.8 Å². The van der Waals surface area contributed by atoms with Gasteiger partial charge < -0.3 is 19.0 Å². The number of aromatic nitrogens is 1. The SMILES string of the molecule is CN(C)c1nc2cc(C(=O)N3CCc4c(cccc4N4CCOC4=O)C3)ccc2o1. The van der Waals surface area contributed by atoms with Crippen molar-refractivity contribution in [1.82, 2.24) is 9.88 Å². The number of hydrogen-bond donors (Lipinski definition) is 0. The first kappa shape index (κ1) is 18.5. The molecule has 2 aliphatic heterocycles. The summed E-state index contributed by atoms with van der Waals surface area (Å²) in [5.41, 5.74) is 4.97. The van der Waals surface area contributed by atoms with Gasteiger partial charge in [0.05, 0.1) is 12.2 Å². The van der Waals surface area contributed by atoms with Gasteiger partial charge >= 0.3 is 6.09 Å². The molecule has 3 heterocycles. The number of amides is 2. The molecule has 1 aromatic heterocycles. The Labute approximate surface area is 173 Å². The van der Waals surface area contributed by atoms with Crippen LogP contribution in [0.2, 0.25) is 0 Å². The number of carbonyl (C=O) groups excluding carboxylic acids is 2. The Morgan fingerprint density at radius 3 is 2.80 bits per heavy atom. The van der Waals surface area contributed by atoms with E-state index < -0.39 is 0 Å². The van der Waals surface area contributed by atoms with E-state index in [1.165, 1.54) is 0 Å². The van der Waals surface area contributed by atoms with Gasteiger partial charge in [-0.2, -0.15) is 4.98 Å². The Morgan fingerprint density at radius 1 is 1.17 bits per heavy atom. The number of benzene rings is 2. The standard InChI is InChI=1S/C22H22N4O4/c1-24(2)21-23-17-12-14(6-7-19(17)30-21)20(27)25-9-8-16-15(13-25)4-3-5-18(16)26-10-11-29-22(26)28/h3-7,12H,8-11,13H2,1-2H3. The molecule has 0 atom stereocenters. The highest BCUT2D eigenvalue weighted by molar-refractivity contribution is 5.97. The van der Waals surface area contributed by atoms with Crippen molar-refractivity contribution in [2.75, 3.05) is 43.6 Å². The molecule has 30 heavy (non-hydrogen) atoms. The number of fused-ring (bicyclic) bond motifs is 2. The number of carbonyl (C=O) groups is 2. The zero-order valence-electron chi connectivity index (χ0n) is 16.9. The molecule has 0 N–H and O–H groups in total. The van der Waals surface area contributed by atoms with Crippen LogP contribution in [0.4, 0.5) is 16.5 Å². The van der Waals surface area contributed by atoms with Crippen LogP contribution < -0.4 is 9.80 Å². The largest absolute Gasteiger partial charge is 0.447 e. The van der Waals surface area contributed by atoms with Gasteiger partial charge in [0.1, 0.15) is 12.1 Å². The number of hydrogen-bond acceptors (Lipinski definition) is 6. The van der Waals surface area contributed by atoms with E-state index in [2.05, 4.69) is 4.98 Å². The van der Waals surface area contributed by atoms with Crippen molar-refractivity contribution < 1.29 is 18.7 Å². The topological polar surface area (TPSA) is 79.1 Å². The van der Waals surface area contributed by atoms with Crippen LogP contribution in [0.3, 0.4) is 0 Å². The molecule has 1 fully saturated rings. The summed E-state index contributed by atoms with van der Waals surface area (Å²) < 4.78 is 10.8. The van der Waals surface area contributed by atoms with E-state index in [9.17, 15) is 9.59 Å². The molecule has 8 heteroatoms. The minimum atomic E-state index is -0.306. The maximum atomic E-state index is 13.2. The number of nitrogens with zero attached hydrogens (tertiary/aromatic N) is 4. The summed E-state index contributed by atoms with van der Waals surface area (Å²) in [5, 5.41) is 0. The third-order valence-electron chi connectivity index (χ3n) is 5.59. The molecule has 3 aromatic rings. The highest BCUT2D eigenvalue weighted by Crippen LogP contribution is 2.31. The summed E-state index contributed by atoms with van der Waals surface area (Å²) >= 11 is 0. The summed E-state index contributed by atoms with van der Waals surface area (Å²) in [6.07, 6.45) is 0.387. The summed E-state index contributed by atoms with van der Waals surface area (Å²) in [6, 6.07) is 11.7. The fourth-order valence-corrected chi connectivity index (χ4v) is 4.05. The summed E-state index contributed by atoms with van der Waals surface area (Å²) in [7, 11) is 3.72. The number of anilines is 2. The van der Waals surface area contributed by atoms with E-state index in [0.29, 0.717) is 55.3 Å². The highest BCUT2D eigenvalue weighted by Gasteiger charge is 2.29. The Hall–Kier alpha value is -3.55. The zero-order chi connectivity index (χ0) is 20.8. The molecule has 1 saturated heterocycles. The summed E-state index contributed by atoms with van der Waals surface area (Å²) in [5.74, 6) is -0.0389. The van der Waals surface area contributed by atoms with Crippen molar-refractivity contribution in [3.8, 4) is 0 Å². The maximum absolute atomic E-state index is 13.2. The van der Waals surface area contributed by atoms with Crippen LogP contribution in [-0.2, 0) is 17.7 Å². The molecule has 5 rings (SSSR count). The van der Waals surface area contributed by atoms with E-state index in [0.717, 1.165) is 16.8 Å². The van der Waals surface area contributed by atoms with Gasteiger partial charge in [-0.25, -0.2) is 4.79 Å². The van der Waals surface area contributed by atoms with Crippen molar-refractivity contribution >= 4 is 34.8 Å². The normalized spacial score (nSPS) is 16.0. The smallest absolute Gasteiger partial charge is 0.414 e. The molecule has 0 spiro atoms. The average Bonchev–Trinajstić information content (AvgIpc) is 3.38. The van der Waals surface area contributed by atoms with Crippen LogP contribution in [0.1, 0.15) is 21.5 Å². The molecule has 2 amide bonds. The van der Waals surface area contributed by atoms with Gasteiger partial charge in [0.2, 0.25) is 0 Å². The molecule has 8 nitrogen and oxygen atoms in total. The molecule has 0 radical (unpaired) electrons. The summed E-state index contributed by atoms with van der Waals surface area (Å²) in [4.78, 5) is 34.9. The monoisotopic (exact) mass is 406 g/mol. The van der Waals surface area contributed by atoms with Crippen molar-refractivity contribution in [3.05, 3.63) is 53.1 Å². The molecule has 2 aromatic carbocycles. The first-order valence-corrected chi connectivity index (χ1v) is 9.93. The Kier molecular flexibility index (Phi) is 4.34. The Balaban J connectivity index is 1.40. The molecule has 0 unspecified atom stereocenters. The van der Waals surface area contributed by atoms with Gasteiger partial charge in [0.25, 0.3) is 11.9 Å². The van der Waals surface area contributed by atoms with Crippen molar-refractivity contribution in [1.29, 1.82) is 0 Å². The van der Waals surface area contributed by atoms with E-state index in [4.69, 9.17) is 9.15 Å². The minimum Gasteiger partial charge on any atom is -0.447 e. The second-order valence-corrected chi connectivity index (χ2v) is 7.73. The van der Waals surface area contributed by atoms with Gasteiger partial charge in [-0.05, 0) is 41.8 Å². The van der Waals surface area contributed by atoms with Gasteiger partial charge in [-0.3, -0.25) is 9.69 Å². The van der Waals surface area contributed by atoms with E-state index in [1.54, 1.807) is 28.0 Å². The molecule has 0 bridgehead atoms. The molecule has 2 aliphatic rings. The fraction of sp³-hybridized carbons (Fsp3) is 0.318. The first-order chi connectivity index (χ1) is 14.5. The van der Waals surface area contributed by atoms with Crippen LogP contribution in [0.25, 0.3) is 11.1 Å². The lowest BCUT2D eigenvalue weighted by atomic mass is 9.96. The lowest BCUT2D eigenvalue weighted by Gasteiger charge is -2.31. The lowest BCUT2D eigenvalue weighted by molar-refractivity contribution is 0.0735. The fourth-order valence-electron chi connectivity index (χ4n) is 4.05. The number of rotatable bonds is 3. The van der Waals surface area contributed by atoms with Crippen LogP contribution in [-0.4, -0.2) is 55.7 Å². The molecular weight excluding hydrogens is 384 g/mol. The second kappa shape index (κ2) is 7.05. The predicted octanol–water partition coefficient (Wildman–Crippen LogP) is 3.05. The maximum Gasteiger partial charge on any atom is 0.414 e. The van der Waals surface area contributed by atoms with Gasteiger partial charge in [-0.15, -0.1) is 0 Å². The Morgan fingerprint density at radius 2 is 2.03 bits per heavy atom. The quantitative estimate of drug-likeness (QED) is 0.665. The Bertz CT molecular complexity index is 1150. The van der Waals surface area contributed by atoms with Gasteiger partial charge in [0, 0.05) is 32.7 Å². The molecular formula is C22H22N4O4. The van der Waals surface area contributed by atoms with E-state index in [-0.39, 0.29) is 12.0 Å². The van der Waals surface area contributed by atoms with Crippen molar-refractivity contribution in [2.45, 2.75) is 13.0 Å². The average molecular weight is 406 g/mol. The summed E-state index contributed by atoms with van der Waals surface area (Å²) in [6.45, 7) is 2.06. The number of cyclic esters (lactones) is 1. The van der Waals surface area contributed by atoms with Crippen molar-refractivity contribution in [3.63, 3.8) is 0 Å². The van der Waals surface area contributed by atoms with E-state index >= 15 is 0 Å². The number of ether oxygens (including phenoxy) is 1.